The summed E-state index contributed by atoms with van der Waals surface area (Å²) < 4.78 is 0. The van der Waals surface area contributed by atoms with E-state index < -0.39 is 0 Å². The molecule has 1 aromatic heterocycles. The molecule has 1 N–H and O–H groups in total. The number of H-pyrrole nitrogens is 1. The fraction of sp³-hybridized carbons (Fsp3) is 0.357. The van der Waals surface area contributed by atoms with Gasteiger partial charge in [-0.3, -0.25) is 9.89 Å². The van der Waals surface area contributed by atoms with Crippen LogP contribution in [0.4, 0.5) is 5.69 Å². The molecule has 1 aliphatic heterocycles. The number of anilines is 1. The van der Waals surface area contributed by atoms with Gasteiger partial charge in [-0.15, -0.1) is 11.6 Å². The molecule has 0 unspecified atom stereocenters. The number of alkyl halides is 1. The fourth-order valence-corrected chi connectivity index (χ4v) is 2.64. The summed E-state index contributed by atoms with van der Waals surface area (Å²) >= 11 is 5.59. The maximum absolute atomic E-state index is 11.5. The van der Waals surface area contributed by atoms with Gasteiger partial charge in [0, 0.05) is 37.4 Å². The Hall–Kier alpha value is -2.08. The average Bonchev–Trinajstić information content (AvgIpc) is 3.09. The molecule has 1 fully saturated rings. The molecule has 21 heavy (non-hydrogen) atoms. The van der Waals surface area contributed by atoms with Gasteiger partial charge in [-0.1, -0.05) is 0 Å². The van der Waals surface area contributed by atoms with Crippen LogP contribution in [0.5, 0.6) is 0 Å². The Morgan fingerprint density at radius 2 is 1.90 bits per heavy atom. The van der Waals surface area contributed by atoms with Crippen molar-refractivity contribution in [2.45, 2.75) is 0 Å². The maximum atomic E-state index is 11.5. The molecule has 2 heterocycles. The first-order valence-electron chi connectivity index (χ1n) is 6.82. The van der Waals surface area contributed by atoms with Crippen molar-refractivity contribution in [1.29, 1.82) is 0 Å². The molecule has 0 radical (unpaired) electrons. The number of halogens is 1. The summed E-state index contributed by atoms with van der Waals surface area (Å²) in [6.07, 6.45) is 1.50. The number of benzene rings is 1. The van der Waals surface area contributed by atoms with Crippen molar-refractivity contribution >= 4 is 23.2 Å². The third-order valence-electron chi connectivity index (χ3n) is 3.67. The number of carbonyl (C=O) groups is 1. The van der Waals surface area contributed by atoms with Crippen molar-refractivity contribution in [2.75, 3.05) is 37.0 Å². The van der Waals surface area contributed by atoms with Gasteiger partial charge in [0.25, 0.3) is 0 Å². The van der Waals surface area contributed by atoms with Gasteiger partial charge >= 0.3 is 0 Å². The SMILES string of the molecule is O=C(CCl)N1CCN(c2ccc(-c3ncn[nH]3)cc2)CC1. The van der Waals surface area contributed by atoms with Crippen molar-refractivity contribution in [1.82, 2.24) is 20.1 Å². The average molecular weight is 306 g/mol. The first kappa shape index (κ1) is 13.9. The highest BCUT2D eigenvalue weighted by molar-refractivity contribution is 6.27. The number of hydrogen-bond acceptors (Lipinski definition) is 4. The van der Waals surface area contributed by atoms with E-state index in [4.69, 9.17) is 11.6 Å². The number of aromatic nitrogens is 3. The van der Waals surface area contributed by atoms with Gasteiger partial charge in [-0.2, -0.15) is 5.10 Å². The van der Waals surface area contributed by atoms with Crippen molar-refractivity contribution in [2.24, 2.45) is 0 Å². The Balaban J connectivity index is 1.65. The third-order valence-corrected chi connectivity index (χ3v) is 3.90. The highest BCUT2D eigenvalue weighted by Gasteiger charge is 2.20. The lowest BCUT2D eigenvalue weighted by Gasteiger charge is -2.35. The quantitative estimate of drug-likeness (QED) is 0.870. The highest BCUT2D eigenvalue weighted by atomic mass is 35.5. The predicted molar refractivity (Wildman–Crippen MR) is 81.3 cm³/mol. The molecule has 7 heteroatoms. The highest BCUT2D eigenvalue weighted by Crippen LogP contribution is 2.21. The van der Waals surface area contributed by atoms with E-state index in [1.807, 2.05) is 17.0 Å². The summed E-state index contributed by atoms with van der Waals surface area (Å²) in [6.45, 7) is 3.08. The first-order chi connectivity index (χ1) is 10.3. The number of rotatable bonds is 3. The van der Waals surface area contributed by atoms with Crippen molar-refractivity contribution in [3.8, 4) is 11.4 Å². The summed E-state index contributed by atoms with van der Waals surface area (Å²) in [5, 5.41) is 6.69. The lowest BCUT2D eigenvalue weighted by Crippen LogP contribution is -2.49. The van der Waals surface area contributed by atoms with Gasteiger partial charge in [0.2, 0.25) is 5.91 Å². The van der Waals surface area contributed by atoms with Crippen molar-refractivity contribution in [3.63, 3.8) is 0 Å². The van der Waals surface area contributed by atoms with Crippen LogP contribution in [0.3, 0.4) is 0 Å². The molecule has 0 saturated carbocycles. The van der Waals surface area contributed by atoms with Gasteiger partial charge in [0.1, 0.15) is 12.2 Å². The molecule has 1 aliphatic rings. The van der Waals surface area contributed by atoms with Crippen LogP contribution in [-0.2, 0) is 4.79 Å². The van der Waals surface area contributed by atoms with Gasteiger partial charge < -0.3 is 9.80 Å². The van der Waals surface area contributed by atoms with E-state index >= 15 is 0 Å². The van der Waals surface area contributed by atoms with Crippen LogP contribution in [-0.4, -0.2) is 58.0 Å². The first-order valence-corrected chi connectivity index (χ1v) is 7.36. The molecule has 0 aliphatic carbocycles. The van der Waals surface area contributed by atoms with Crippen molar-refractivity contribution < 1.29 is 4.79 Å². The smallest absolute Gasteiger partial charge is 0.237 e. The number of amides is 1. The Kier molecular flexibility index (Phi) is 4.06. The minimum absolute atomic E-state index is 0.0111. The summed E-state index contributed by atoms with van der Waals surface area (Å²) in [5.41, 5.74) is 2.16. The van der Waals surface area contributed by atoms with E-state index in [0.29, 0.717) is 0 Å². The van der Waals surface area contributed by atoms with Gasteiger partial charge in [0.15, 0.2) is 5.82 Å². The number of aromatic amines is 1. The van der Waals surface area contributed by atoms with Crippen LogP contribution >= 0.6 is 11.6 Å². The Morgan fingerprint density at radius 3 is 2.48 bits per heavy atom. The van der Waals surface area contributed by atoms with Gasteiger partial charge in [0.05, 0.1) is 0 Å². The second-order valence-electron chi connectivity index (χ2n) is 4.88. The topological polar surface area (TPSA) is 65.1 Å². The lowest BCUT2D eigenvalue weighted by atomic mass is 10.1. The van der Waals surface area contributed by atoms with E-state index in [0.717, 1.165) is 43.3 Å². The molecule has 0 spiro atoms. The summed E-state index contributed by atoms with van der Waals surface area (Å²) in [4.78, 5) is 19.8. The number of piperazine rings is 1. The number of nitrogens with zero attached hydrogens (tertiary/aromatic N) is 4. The number of hydrogen-bond donors (Lipinski definition) is 1. The zero-order valence-corrected chi connectivity index (χ0v) is 12.3. The molecule has 6 nitrogen and oxygen atoms in total. The van der Waals surface area contributed by atoms with E-state index in [1.54, 1.807) is 0 Å². The summed E-state index contributed by atoms with van der Waals surface area (Å²) in [7, 11) is 0. The molecule has 1 aromatic carbocycles. The van der Waals surface area contributed by atoms with Gasteiger partial charge in [-0.25, -0.2) is 4.98 Å². The molecule has 110 valence electrons. The molecule has 0 bridgehead atoms. The Morgan fingerprint density at radius 1 is 1.19 bits per heavy atom. The Bertz CT molecular complexity index is 590. The largest absolute Gasteiger partial charge is 0.368 e. The van der Waals surface area contributed by atoms with E-state index in [9.17, 15) is 4.79 Å². The fourth-order valence-electron chi connectivity index (χ4n) is 2.47. The van der Waals surface area contributed by atoms with Crippen LogP contribution in [0.2, 0.25) is 0 Å². The minimum Gasteiger partial charge on any atom is -0.368 e. The molecule has 1 amide bonds. The molecule has 2 aromatic rings. The minimum atomic E-state index is 0.0111. The molecule has 0 atom stereocenters. The zero-order valence-electron chi connectivity index (χ0n) is 11.5. The van der Waals surface area contributed by atoms with E-state index in [-0.39, 0.29) is 11.8 Å². The van der Waals surface area contributed by atoms with E-state index in [2.05, 4.69) is 32.2 Å². The summed E-state index contributed by atoms with van der Waals surface area (Å²) in [6, 6.07) is 8.17. The van der Waals surface area contributed by atoms with Crippen LogP contribution in [0.25, 0.3) is 11.4 Å². The van der Waals surface area contributed by atoms with E-state index in [1.165, 1.54) is 6.33 Å². The van der Waals surface area contributed by atoms with Crippen molar-refractivity contribution in [3.05, 3.63) is 30.6 Å². The number of carbonyl (C=O) groups excluding carboxylic acids is 1. The number of nitrogens with one attached hydrogen (secondary N) is 1. The van der Waals surface area contributed by atoms with Crippen LogP contribution < -0.4 is 4.90 Å². The predicted octanol–water partition coefficient (Wildman–Crippen LogP) is 1.36. The second-order valence-corrected chi connectivity index (χ2v) is 5.15. The third kappa shape index (κ3) is 3.00. The second kappa shape index (κ2) is 6.13. The molecular formula is C14H16ClN5O. The molecule has 1 saturated heterocycles. The van der Waals surface area contributed by atoms with Crippen LogP contribution in [0.1, 0.15) is 0 Å². The molecular weight excluding hydrogens is 290 g/mol. The van der Waals surface area contributed by atoms with Crippen LogP contribution in [0.15, 0.2) is 30.6 Å². The lowest BCUT2D eigenvalue weighted by molar-refractivity contribution is -0.128. The Labute approximate surface area is 127 Å². The zero-order chi connectivity index (χ0) is 14.7. The maximum Gasteiger partial charge on any atom is 0.237 e. The summed E-state index contributed by atoms with van der Waals surface area (Å²) in [5.74, 6) is 0.836. The normalized spacial score (nSPS) is 15.3. The molecule has 3 rings (SSSR count). The van der Waals surface area contributed by atoms with Gasteiger partial charge in [-0.05, 0) is 24.3 Å². The monoisotopic (exact) mass is 305 g/mol. The standard InChI is InChI=1S/C14H16ClN5O/c15-9-13(21)20-7-5-19(6-8-20)12-3-1-11(2-4-12)14-16-10-17-18-14/h1-4,10H,5-9H2,(H,16,17,18). The van der Waals surface area contributed by atoms with Crippen LogP contribution in [0, 0.1) is 0 Å².